The molecule has 2 rings (SSSR count). The maximum absolute atomic E-state index is 5.11. The first-order valence-electron chi connectivity index (χ1n) is 6.03. The van der Waals surface area contributed by atoms with Crippen molar-refractivity contribution in [1.82, 2.24) is 15.0 Å². The molecule has 0 unspecified atom stereocenters. The summed E-state index contributed by atoms with van der Waals surface area (Å²) in [6.07, 6.45) is 3.83. The van der Waals surface area contributed by atoms with Crippen LogP contribution in [0.1, 0.15) is 32.4 Å². The second-order valence-corrected chi connectivity index (χ2v) is 5.90. The summed E-state index contributed by atoms with van der Waals surface area (Å²) in [4.78, 5) is 12.1. The average Bonchev–Trinajstić information content (AvgIpc) is 2.72. The topological polar surface area (TPSA) is 50.8 Å². The highest BCUT2D eigenvalue weighted by Crippen LogP contribution is 2.29. The second kappa shape index (κ2) is 5.36. The molecule has 0 amide bonds. The van der Waals surface area contributed by atoms with E-state index in [1.165, 1.54) is 5.69 Å². The fraction of sp³-hybridized carbons (Fsp3) is 0.538. The first-order chi connectivity index (χ1) is 8.53. The van der Waals surface area contributed by atoms with Crippen LogP contribution in [0.3, 0.4) is 0 Å². The number of methoxy groups -OCH3 is 1. The molecule has 0 saturated carbocycles. The quantitative estimate of drug-likeness (QED) is 0.861. The molecule has 1 N–H and O–H groups in total. The summed E-state index contributed by atoms with van der Waals surface area (Å²) in [7, 11) is 1.74. The van der Waals surface area contributed by atoms with E-state index >= 15 is 0 Å². The van der Waals surface area contributed by atoms with Crippen molar-refractivity contribution >= 4 is 27.1 Å². The summed E-state index contributed by atoms with van der Waals surface area (Å²) < 4.78 is 5.86. The summed E-state index contributed by atoms with van der Waals surface area (Å²) in [6, 6.07) is 2.08. The fourth-order valence-corrected chi connectivity index (χ4v) is 2.31. The summed E-state index contributed by atoms with van der Waals surface area (Å²) in [5.41, 5.74) is 2.99. The van der Waals surface area contributed by atoms with Crippen LogP contribution < -0.4 is 0 Å². The summed E-state index contributed by atoms with van der Waals surface area (Å²) in [5.74, 6) is 0. The zero-order chi connectivity index (χ0) is 13.2. The average molecular weight is 312 g/mol. The molecule has 0 aliphatic carbocycles. The van der Waals surface area contributed by atoms with Crippen molar-refractivity contribution in [2.75, 3.05) is 13.7 Å². The highest BCUT2D eigenvalue weighted by molar-refractivity contribution is 9.10. The van der Waals surface area contributed by atoms with Gasteiger partial charge in [0.25, 0.3) is 0 Å². The number of hydrogen-bond donors (Lipinski definition) is 1. The summed E-state index contributed by atoms with van der Waals surface area (Å²) in [6.45, 7) is 5.25. The molecule has 0 atom stereocenters. The van der Waals surface area contributed by atoms with Gasteiger partial charge in [0.1, 0.15) is 10.1 Å². The van der Waals surface area contributed by atoms with Gasteiger partial charge in [0.2, 0.25) is 0 Å². The molecule has 18 heavy (non-hydrogen) atoms. The molecule has 0 radical (unpaired) electrons. The lowest BCUT2D eigenvalue weighted by atomic mass is 9.84. The first-order valence-corrected chi connectivity index (χ1v) is 6.83. The number of aromatic amines is 1. The molecular weight excluding hydrogens is 294 g/mol. The molecule has 0 spiro atoms. The predicted octanol–water partition coefficient (Wildman–Crippen LogP) is 3.42. The molecule has 2 aromatic heterocycles. The van der Waals surface area contributed by atoms with Gasteiger partial charge in [-0.15, -0.1) is 0 Å². The number of nitrogens with one attached hydrogen (secondary N) is 1. The molecule has 4 nitrogen and oxygen atoms in total. The third-order valence-electron chi connectivity index (χ3n) is 3.18. The van der Waals surface area contributed by atoms with Crippen LogP contribution in [0.5, 0.6) is 0 Å². The fourth-order valence-electron chi connectivity index (χ4n) is 2.03. The maximum atomic E-state index is 5.11. The van der Waals surface area contributed by atoms with Crippen LogP contribution in [0.15, 0.2) is 16.9 Å². The largest absolute Gasteiger partial charge is 0.385 e. The Morgan fingerprint density at radius 1 is 1.44 bits per heavy atom. The van der Waals surface area contributed by atoms with Crippen LogP contribution in [0, 0.1) is 0 Å². The van der Waals surface area contributed by atoms with Crippen molar-refractivity contribution < 1.29 is 4.74 Å². The molecule has 5 heteroatoms. The van der Waals surface area contributed by atoms with Crippen LogP contribution in [0.25, 0.3) is 11.2 Å². The van der Waals surface area contributed by atoms with Gasteiger partial charge < -0.3 is 9.72 Å². The number of H-pyrrole nitrogens is 1. The third kappa shape index (κ3) is 2.90. The molecule has 0 saturated heterocycles. The summed E-state index contributed by atoms with van der Waals surface area (Å²) >= 11 is 3.33. The normalized spacial score (nSPS) is 12.2. The van der Waals surface area contributed by atoms with Crippen molar-refractivity contribution in [2.45, 2.75) is 32.1 Å². The molecule has 0 aromatic carbocycles. The van der Waals surface area contributed by atoms with E-state index in [2.05, 4.69) is 50.8 Å². The maximum Gasteiger partial charge on any atom is 0.157 e. The Morgan fingerprint density at radius 2 is 2.22 bits per heavy atom. The summed E-state index contributed by atoms with van der Waals surface area (Å²) in [5, 5.41) is 0. The lowest BCUT2D eigenvalue weighted by molar-refractivity contribution is 0.185. The molecule has 0 bridgehead atoms. The molecular formula is C13H18BrN3O. The van der Waals surface area contributed by atoms with E-state index in [1.54, 1.807) is 13.3 Å². The number of halogens is 1. The van der Waals surface area contributed by atoms with Gasteiger partial charge in [0.15, 0.2) is 5.65 Å². The van der Waals surface area contributed by atoms with E-state index in [4.69, 9.17) is 4.74 Å². The lowest BCUT2D eigenvalue weighted by Gasteiger charge is -2.23. The minimum Gasteiger partial charge on any atom is -0.385 e. The van der Waals surface area contributed by atoms with Crippen LogP contribution in [-0.2, 0) is 10.2 Å². The number of ether oxygens (including phenoxy) is 1. The zero-order valence-electron chi connectivity index (χ0n) is 11.0. The Hall–Kier alpha value is -0.940. The molecule has 2 aromatic rings. The standard InChI is InChI=1S/C13H18BrN3O/c1-13(2,5-4-6-18-3)10-7-9-12(16-10)17-11(14)8-15-9/h7-8H,4-6H2,1-3H3,(H,16,17). The Labute approximate surface area is 115 Å². The van der Waals surface area contributed by atoms with Gasteiger partial charge in [0.05, 0.1) is 6.20 Å². The lowest BCUT2D eigenvalue weighted by Crippen LogP contribution is -2.18. The van der Waals surface area contributed by atoms with Gasteiger partial charge in [-0.1, -0.05) is 13.8 Å². The van der Waals surface area contributed by atoms with Gasteiger partial charge >= 0.3 is 0 Å². The van der Waals surface area contributed by atoms with Gasteiger partial charge in [-0.3, -0.25) is 4.98 Å². The molecule has 0 aliphatic rings. The van der Waals surface area contributed by atoms with E-state index in [1.807, 2.05) is 0 Å². The molecule has 98 valence electrons. The first kappa shape index (κ1) is 13.5. The number of fused-ring (bicyclic) bond motifs is 1. The Balaban J connectivity index is 2.24. The second-order valence-electron chi connectivity index (χ2n) is 5.09. The Bertz CT molecular complexity index is 536. The third-order valence-corrected chi connectivity index (χ3v) is 3.57. The monoisotopic (exact) mass is 311 g/mol. The van der Waals surface area contributed by atoms with E-state index < -0.39 is 0 Å². The van der Waals surface area contributed by atoms with Crippen molar-refractivity contribution in [3.8, 4) is 0 Å². The molecule has 0 fully saturated rings. The van der Waals surface area contributed by atoms with Gasteiger partial charge in [-0.25, -0.2) is 4.98 Å². The van der Waals surface area contributed by atoms with Crippen LogP contribution in [-0.4, -0.2) is 28.7 Å². The molecule has 2 heterocycles. The van der Waals surface area contributed by atoms with Crippen molar-refractivity contribution in [3.05, 3.63) is 22.6 Å². The van der Waals surface area contributed by atoms with Crippen LogP contribution in [0.4, 0.5) is 0 Å². The highest BCUT2D eigenvalue weighted by Gasteiger charge is 2.22. The van der Waals surface area contributed by atoms with E-state index in [-0.39, 0.29) is 5.41 Å². The van der Waals surface area contributed by atoms with Crippen molar-refractivity contribution in [1.29, 1.82) is 0 Å². The predicted molar refractivity (Wildman–Crippen MR) is 75.7 cm³/mol. The smallest absolute Gasteiger partial charge is 0.157 e. The number of hydrogen-bond acceptors (Lipinski definition) is 3. The minimum absolute atomic E-state index is 0.0768. The van der Waals surface area contributed by atoms with Gasteiger partial charge in [-0.05, 0) is 34.8 Å². The van der Waals surface area contributed by atoms with Crippen molar-refractivity contribution in [2.24, 2.45) is 0 Å². The number of aromatic nitrogens is 3. The van der Waals surface area contributed by atoms with Gasteiger partial charge in [-0.2, -0.15) is 0 Å². The Kier molecular flexibility index (Phi) is 4.02. The van der Waals surface area contributed by atoms with E-state index in [0.29, 0.717) is 0 Å². The number of rotatable bonds is 5. The van der Waals surface area contributed by atoms with Crippen molar-refractivity contribution in [3.63, 3.8) is 0 Å². The zero-order valence-corrected chi connectivity index (χ0v) is 12.5. The highest BCUT2D eigenvalue weighted by atomic mass is 79.9. The van der Waals surface area contributed by atoms with Crippen LogP contribution in [0.2, 0.25) is 0 Å². The SMILES string of the molecule is COCCCC(C)(C)c1cc2ncc(Br)nc2[nH]1. The van der Waals surface area contributed by atoms with Gasteiger partial charge in [0, 0.05) is 24.8 Å². The van der Waals surface area contributed by atoms with E-state index in [9.17, 15) is 0 Å². The number of nitrogens with zero attached hydrogens (tertiary/aromatic N) is 2. The Morgan fingerprint density at radius 3 is 2.94 bits per heavy atom. The minimum atomic E-state index is 0.0768. The van der Waals surface area contributed by atoms with E-state index in [0.717, 1.165) is 35.2 Å². The van der Waals surface area contributed by atoms with Crippen LogP contribution >= 0.6 is 15.9 Å². The molecule has 0 aliphatic heterocycles.